The van der Waals surface area contributed by atoms with Gasteiger partial charge in [-0.25, -0.2) is 0 Å². The Balaban J connectivity index is 1.53. The van der Waals surface area contributed by atoms with Crippen LogP contribution in [0.2, 0.25) is 0 Å². The summed E-state index contributed by atoms with van der Waals surface area (Å²) >= 11 is 3.39. The first-order valence-corrected chi connectivity index (χ1v) is 8.66. The fourth-order valence-electron chi connectivity index (χ4n) is 2.63. The van der Waals surface area contributed by atoms with Gasteiger partial charge in [0.2, 0.25) is 5.91 Å². The first kappa shape index (κ1) is 16.5. The maximum absolute atomic E-state index is 11.8. The van der Waals surface area contributed by atoms with E-state index in [2.05, 4.69) is 21.2 Å². The average Bonchev–Trinajstić information content (AvgIpc) is 2.50. The van der Waals surface area contributed by atoms with E-state index < -0.39 is 0 Å². The first-order valence-electron chi connectivity index (χ1n) is 7.87. The monoisotopic (exact) mass is 353 g/mol. The standard InChI is InChI=1S/C17H24BrNO2/c18-15-9-7-14(8-10-15)13-17(20)19-11-4-12-21-16-5-2-1-3-6-16/h7-10,16H,1-6,11-13H2,(H,19,20). The van der Waals surface area contributed by atoms with Crippen LogP contribution < -0.4 is 5.32 Å². The molecule has 0 heterocycles. The maximum atomic E-state index is 11.8. The lowest BCUT2D eigenvalue weighted by atomic mass is 9.98. The summed E-state index contributed by atoms with van der Waals surface area (Å²) in [6.07, 6.45) is 8.15. The van der Waals surface area contributed by atoms with E-state index in [9.17, 15) is 4.79 Å². The molecule has 0 spiro atoms. The van der Waals surface area contributed by atoms with Crippen LogP contribution in [0, 0.1) is 0 Å². The van der Waals surface area contributed by atoms with E-state index in [0.717, 1.165) is 23.1 Å². The predicted octanol–water partition coefficient (Wildman–Crippen LogP) is 3.85. The number of hydrogen-bond acceptors (Lipinski definition) is 2. The molecule has 1 aliphatic carbocycles. The lowest BCUT2D eigenvalue weighted by molar-refractivity contribution is -0.120. The zero-order valence-corrected chi connectivity index (χ0v) is 14.0. The molecular formula is C17H24BrNO2. The summed E-state index contributed by atoms with van der Waals surface area (Å²) in [4.78, 5) is 11.8. The summed E-state index contributed by atoms with van der Waals surface area (Å²) in [6, 6.07) is 7.85. The van der Waals surface area contributed by atoms with Crippen LogP contribution in [-0.2, 0) is 16.0 Å². The number of ether oxygens (including phenoxy) is 1. The van der Waals surface area contributed by atoms with Gasteiger partial charge in [0.1, 0.15) is 0 Å². The van der Waals surface area contributed by atoms with Gasteiger partial charge >= 0.3 is 0 Å². The zero-order valence-electron chi connectivity index (χ0n) is 12.4. The van der Waals surface area contributed by atoms with Gasteiger partial charge < -0.3 is 10.1 Å². The van der Waals surface area contributed by atoms with Crippen molar-refractivity contribution in [2.45, 2.75) is 51.0 Å². The molecule has 0 aliphatic heterocycles. The predicted molar refractivity (Wildman–Crippen MR) is 88.3 cm³/mol. The SMILES string of the molecule is O=C(Cc1ccc(Br)cc1)NCCCOC1CCCCC1. The molecule has 3 nitrogen and oxygen atoms in total. The highest BCUT2D eigenvalue weighted by atomic mass is 79.9. The molecule has 1 aromatic carbocycles. The van der Waals surface area contributed by atoms with Gasteiger partial charge in [-0.05, 0) is 37.0 Å². The summed E-state index contributed by atoms with van der Waals surface area (Å²) in [6.45, 7) is 1.45. The van der Waals surface area contributed by atoms with E-state index in [-0.39, 0.29) is 5.91 Å². The fourth-order valence-corrected chi connectivity index (χ4v) is 2.90. The van der Waals surface area contributed by atoms with E-state index in [1.54, 1.807) is 0 Å². The minimum Gasteiger partial charge on any atom is -0.378 e. The molecule has 1 aromatic rings. The summed E-state index contributed by atoms with van der Waals surface area (Å²) in [7, 11) is 0. The van der Waals surface area contributed by atoms with E-state index in [1.807, 2.05) is 24.3 Å². The highest BCUT2D eigenvalue weighted by Crippen LogP contribution is 2.20. The molecule has 1 amide bonds. The third-order valence-electron chi connectivity index (χ3n) is 3.83. The molecule has 4 heteroatoms. The second-order valence-corrected chi connectivity index (χ2v) is 6.55. The lowest BCUT2D eigenvalue weighted by Gasteiger charge is -2.21. The number of carbonyl (C=O) groups is 1. The van der Waals surface area contributed by atoms with Gasteiger partial charge in [-0.1, -0.05) is 47.3 Å². The second kappa shape index (κ2) is 9.21. The van der Waals surface area contributed by atoms with Crippen molar-refractivity contribution in [3.63, 3.8) is 0 Å². The average molecular weight is 354 g/mol. The van der Waals surface area contributed by atoms with Gasteiger partial charge in [0, 0.05) is 17.6 Å². The molecule has 1 fully saturated rings. The number of halogens is 1. The van der Waals surface area contributed by atoms with Gasteiger partial charge in [-0.2, -0.15) is 0 Å². The highest BCUT2D eigenvalue weighted by molar-refractivity contribution is 9.10. The van der Waals surface area contributed by atoms with E-state index >= 15 is 0 Å². The third-order valence-corrected chi connectivity index (χ3v) is 4.36. The summed E-state index contributed by atoms with van der Waals surface area (Å²) in [5.74, 6) is 0.0787. The highest BCUT2D eigenvalue weighted by Gasteiger charge is 2.13. The normalized spacial score (nSPS) is 15.9. The van der Waals surface area contributed by atoms with Crippen molar-refractivity contribution in [2.24, 2.45) is 0 Å². The first-order chi connectivity index (χ1) is 10.2. The van der Waals surface area contributed by atoms with Crippen molar-refractivity contribution >= 4 is 21.8 Å². The fraction of sp³-hybridized carbons (Fsp3) is 0.588. The smallest absolute Gasteiger partial charge is 0.224 e. The van der Waals surface area contributed by atoms with Gasteiger partial charge in [0.15, 0.2) is 0 Å². The summed E-state index contributed by atoms with van der Waals surface area (Å²) < 4.78 is 6.87. The maximum Gasteiger partial charge on any atom is 0.224 e. The molecule has 0 unspecified atom stereocenters. The number of nitrogens with one attached hydrogen (secondary N) is 1. The minimum absolute atomic E-state index is 0.0787. The van der Waals surface area contributed by atoms with Crippen molar-refractivity contribution in [1.29, 1.82) is 0 Å². The van der Waals surface area contributed by atoms with Gasteiger partial charge in [-0.15, -0.1) is 0 Å². The molecule has 0 saturated heterocycles. The molecule has 0 aromatic heterocycles. The van der Waals surface area contributed by atoms with Crippen molar-refractivity contribution < 1.29 is 9.53 Å². The number of hydrogen-bond donors (Lipinski definition) is 1. The van der Waals surface area contributed by atoms with Crippen LogP contribution in [0.15, 0.2) is 28.7 Å². The molecular weight excluding hydrogens is 330 g/mol. The Morgan fingerprint density at radius 3 is 2.62 bits per heavy atom. The van der Waals surface area contributed by atoms with Gasteiger partial charge in [-0.3, -0.25) is 4.79 Å². The Kier molecular flexibility index (Phi) is 7.24. The Bertz CT molecular complexity index is 427. The molecule has 0 radical (unpaired) electrons. The number of amides is 1. The topological polar surface area (TPSA) is 38.3 Å². The quantitative estimate of drug-likeness (QED) is 0.756. The van der Waals surface area contributed by atoms with Crippen LogP contribution in [0.4, 0.5) is 0 Å². The van der Waals surface area contributed by atoms with Crippen LogP contribution in [0.1, 0.15) is 44.1 Å². The van der Waals surface area contributed by atoms with Crippen LogP contribution in [-0.4, -0.2) is 25.2 Å². The molecule has 116 valence electrons. The molecule has 0 atom stereocenters. The van der Waals surface area contributed by atoms with Crippen molar-refractivity contribution in [3.05, 3.63) is 34.3 Å². The molecule has 1 saturated carbocycles. The third kappa shape index (κ3) is 6.62. The van der Waals surface area contributed by atoms with Gasteiger partial charge in [0.25, 0.3) is 0 Å². The van der Waals surface area contributed by atoms with E-state index in [4.69, 9.17) is 4.74 Å². The van der Waals surface area contributed by atoms with E-state index in [0.29, 0.717) is 19.1 Å². The lowest BCUT2D eigenvalue weighted by Crippen LogP contribution is -2.27. The molecule has 21 heavy (non-hydrogen) atoms. The zero-order chi connectivity index (χ0) is 14.9. The number of rotatable bonds is 7. The Labute approximate surface area is 135 Å². The summed E-state index contributed by atoms with van der Waals surface area (Å²) in [5.41, 5.74) is 1.04. The van der Waals surface area contributed by atoms with Crippen molar-refractivity contribution in [2.75, 3.05) is 13.2 Å². The Morgan fingerprint density at radius 2 is 1.90 bits per heavy atom. The van der Waals surface area contributed by atoms with Crippen LogP contribution in [0.5, 0.6) is 0 Å². The molecule has 0 bridgehead atoms. The number of benzene rings is 1. The minimum atomic E-state index is 0.0787. The number of carbonyl (C=O) groups excluding carboxylic acids is 1. The van der Waals surface area contributed by atoms with Crippen LogP contribution in [0.25, 0.3) is 0 Å². The van der Waals surface area contributed by atoms with Crippen molar-refractivity contribution in [3.8, 4) is 0 Å². The Morgan fingerprint density at radius 1 is 1.19 bits per heavy atom. The van der Waals surface area contributed by atoms with Crippen molar-refractivity contribution in [1.82, 2.24) is 5.32 Å². The van der Waals surface area contributed by atoms with E-state index in [1.165, 1.54) is 32.1 Å². The Hall–Kier alpha value is -0.870. The largest absolute Gasteiger partial charge is 0.378 e. The van der Waals surface area contributed by atoms with Crippen LogP contribution >= 0.6 is 15.9 Å². The molecule has 1 aliphatic rings. The molecule has 2 rings (SSSR count). The van der Waals surface area contributed by atoms with Gasteiger partial charge in [0.05, 0.1) is 12.5 Å². The van der Waals surface area contributed by atoms with Crippen LogP contribution in [0.3, 0.4) is 0 Å². The summed E-state index contributed by atoms with van der Waals surface area (Å²) in [5, 5.41) is 2.95. The second-order valence-electron chi connectivity index (χ2n) is 5.64. The molecule has 1 N–H and O–H groups in total.